The van der Waals surface area contributed by atoms with Gasteiger partial charge < -0.3 is 4.43 Å². The van der Waals surface area contributed by atoms with E-state index < -0.39 is 8.32 Å². The van der Waals surface area contributed by atoms with Gasteiger partial charge in [0.05, 0.1) is 5.60 Å². The standard InChI is InChI=1S/C11H23N3OSi/c1-11(15-16(2,3)4)8-6-5-7-10(11)9-13-14-12/h10H,5-9H2,1-4H3. The van der Waals surface area contributed by atoms with Gasteiger partial charge in [-0.05, 0) is 50.9 Å². The van der Waals surface area contributed by atoms with E-state index >= 15 is 0 Å². The van der Waals surface area contributed by atoms with Gasteiger partial charge in [-0.3, -0.25) is 0 Å². The molecule has 0 heterocycles. The van der Waals surface area contributed by atoms with E-state index in [0.29, 0.717) is 12.5 Å². The summed E-state index contributed by atoms with van der Waals surface area (Å²) in [5, 5.41) is 3.74. The molecule has 0 aliphatic heterocycles. The lowest BCUT2D eigenvalue weighted by Gasteiger charge is -2.45. The molecule has 0 amide bonds. The molecule has 0 radical (unpaired) electrons. The van der Waals surface area contributed by atoms with E-state index in [4.69, 9.17) is 9.96 Å². The molecule has 2 unspecified atom stereocenters. The second-order valence-corrected chi connectivity index (χ2v) is 10.3. The van der Waals surface area contributed by atoms with Gasteiger partial charge in [0, 0.05) is 11.5 Å². The summed E-state index contributed by atoms with van der Waals surface area (Å²) < 4.78 is 6.33. The molecule has 0 aromatic heterocycles. The quantitative estimate of drug-likeness (QED) is 0.316. The van der Waals surface area contributed by atoms with Gasteiger partial charge in [-0.15, -0.1) is 0 Å². The second-order valence-electron chi connectivity index (χ2n) is 5.88. The van der Waals surface area contributed by atoms with Crippen LogP contribution in [0.25, 0.3) is 10.4 Å². The van der Waals surface area contributed by atoms with Crippen molar-refractivity contribution in [1.82, 2.24) is 0 Å². The largest absolute Gasteiger partial charge is 0.412 e. The molecule has 1 aliphatic rings. The third kappa shape index (κ3) is 3.81. The summed E-state index contributed by atoms with van der Waals surface area (Å²) in [6.07, 6.45) is 4.69. The van der Waals surface area contributed by atoms with Crippen LogP contribution in [0.15, 0.2) is 5.11 Å². The van der Waals surface area contributed by atoms with Crippen LogP contribution in [-0.4, -0.2) is 20.5 Å². The zero-order chi connectivity index (χ0) is 12.2. The van der Waals surface area contributed by atoms with Gasteiger partial charge in [0.2, 0.25) is 0 Å². The van der Waals surface area contributed by atoms with Crippen molar-refractivity contribution in [2.45, 2.75) is 57.8 Å². The molecule has 0 spiro atoms. The fraction of sp³-hybridized carbons (Fsp3) is 1.00. The first-order chi connectivity index (χ1) is 7.37. The van der Waals surface area contributed by atoms with Crippen molar-refractivity contribution in [3.05, 3.63) is 10.4 Å². The van der Waals surface area contributed by atoms with E-state index in [1.54, 1.807) is 0 Å². The van der Waals surface area contributed by atoms with Crippen molar-refractivity contribution >= 4 is 8.32 Å². The van der Waals surface area contributed by atoms with Crippen LogP contribution in [0.3, 0.4) is 0 Å². The Morgan fingerprint density at radius 2 is 2.12 bits per heavy atom. The van der Waals surface area contributed by atoms with Crippen LogP contribution < -0.4 is 0 Å². The highest BCUT2D eigenvalue weighted by atomic mass is 28.4. The molecule has 1 saturated carbocycles. The highest BCUT2D eigenvalue weighted by Gasteiger charge is 2.39. The van der Waals surface area contributed by atoms with Crippen LogP contribution in [0.4, 0.5) is 0 Å². The van der Waals surface area contributed by atoms with Gasteiger partial charge in [0.15, 0.2) is 8.32 Å². The number of nitrogens with zero attached hydrogens (tertiary/aromatic N) is 3. The minimum Gasteiger partial charge on any atom is -0.412 e. The van der Waals surface area contributed by atoms with Gasteiger partial charge in [-0.2, -0.15) is 0 Å². The fourth-order valence-electron chi connectivity index (χ4n) is 2.63. The van der Waals surface area contributed by atoms with Crippen molar-refractivity contribution in [3.8, 4) is 0 Å². The summed E-state index contributed by atoms with van der Waals surface area (Å²) in [6.45, 7) is 9.44. The molecule has 2 atom stereocenters. The lowest BCUT2D eigenvalue weighted by atomic mass is 9.77. The second kappa shape index (κ2) is 5.21. The predicted molar refractivity (Wildman–Crippen MR) is 68.8 cm³/mol. The van der Waals surface area contributed by atoms with Crippen LogP contribution in [0, 0.1) is 5.92 Å². The zero-order valence-corrected chi connectivity index (χ0v) is 11.9. The molecular weight excluding hydrogens is 218 g/mol. The van der Waals surface area contributed by atoms with Gasteiger partial charge >= 0.3 is 0 Å². The molecule has 5 heteroatoms. The van der Waals surface area contributed by atoms with E-state index in [1.807, 2.05) is 0 Å². The molecular formula is C11H23N3OSi. The smallest absolute Gasteiger partial charge is 0.184 e. The highest BCUT2D eigenvalue weighted by molar-refractivity contribution is 6.69. The minimum absolute atomic E-state index is 0.0725. The van der Waals surface area contributed by atoms with E-state index in [9.17, 15) is 0 Å². The van der Waals surface area contributed by atoms with Crippen LogP contribution in [0.2, 0.25) is 19.6 Å². The first kappa shape index (κ1) is 13.6. The maximum atomic E-state index is 8.43. The van der Waals surface area contributed by atoms with Crippen LogP contribution >= 0.6 is 0 Å². The topological polar surface area (TPSA) is 58.0 Å². The molecule has 1 fully saturated rings. The SMILES string of the molecule is CC1(O[Si](C)(C)C)CCCCC1CN=[N+]=[N-]. The Hall–Kier alpha value is -0.513. The Morgan fingerprint density at radius 3 is 2.69 bits per heavy atom. The third-order valence-corrected chi connectivity index (χ3v) is 4.32. The number of hydrogen-bond donors (Lipinski definition) is 0. The normalized spacial score (nSPS) is 30.9. The Morgan fingerprint density at radius 1 is 1.44 bits per heavy atom. The Kier molecular flexibility index (Phi) is 4.41. The summed E-state index contributed by atoms with van der Waals surface area (Å²) in [4.78, 5) is 2.87. The third-order valence-electron chi connectivity index (χ3n) is 3.24. The number of hydrogen-bond acceptors (Lipinski definition) is 2. The Labute approximate surface area is 99.1 Å². The van der Waals surface area contributed by atoms with Crippen molar-refractivity contribution < 1.29 is 4.43 Å². The van der Waals surface area contributed by atoms with Gasteiger partial charge in [0.25, 0.3) is 0 Å². The van der Waals surface area contributed by atoms with Crippen molar-refractivity contribution in [3.63, 3.8) is 0 Å². The summed E-state index contributed by atoms with van der Waals surface area (Å²) >= 11 is 0. The van der Waals surface area contributed by atoms with Gasteiger partial charge in [0.1, 0.15) is 0 Å². The van der Waals surface area contributed by atoms with E-state index in [0.717, 1.165) is 12.8 Å². The monoisotopic (exact) mass is 241 g/mol. The Balaban J connectivity index is 2.74. The predicted octanol–water partition coefficient (Wildman–Crippen LogP) is 4.10. The lowest BCUT2D eigenvalue weighted by Crippen LogP contribution is -2.48. The molecule has 92 valence electrons. The average Bonchev–Trinajstić information content (AvgIpc) is 2.13. The van der Waals surface area contributed by atoms with E-state index in [1.165, 1.54) is 12.8 Å². The van der Waals surface area contributed by atoms with Crippen LogP contribution in [0.1, 0.15) is 32.6 Å². The number of rotatable bonds is 4. The van der Waals surface area contributed by atoms with Crippen molar-refractivity contribution in [2.24, 2.45) is 11.0 Å². The first-order valence-electron chi connectivity index (χ1n) is 6.08. The average molecular weight is 241 g/mol. The van der Waals surface area contributed by atoms with Crippen LogP contribution in [0.5, 0.6) is 0 Å². The molecule has 1 aliphatic carbocycles. The lowest BCUT2D eigenvalue weighted by molar-refractivity contribution is -0.0105. The summed E-state index contributed by atoms with van der Waals surface area (Å²) in [5.74, 6) is 0.392. The summed E-state index contributed by atoms with van der Waals surface area (Å²) in [6, 6.07) is 0. The molecule has 1 rings (SSSR count). The summed E-state index contributed by atoms with van der Waals surface area (Å²) in [7, 11) is -1.53. The van der Waals surface area contributed by atoms with Gasteiger partial charge in [-0.25, -0.2) is 0 Å². The molecule has 0 bridgehead atoms. The maximum Gasteiger partial charge on any atom is 0.184 e. The molecule has 0 saturated heterocycles. The maximum absolute atomic E-state index is 8.43. The van der Waals surface area contributed by atoms with Gasteiger partial charge in [-0.1, -0.05) is 18.0 Å². The van der Waals surface area contributed by atoms with E-state index in [-0.39, 0.29) is 5.60 Å². The summed E-state index contributed by atoms with van der Waals surface area (Å²) in [5.41, 5.74) is 8.35. The molecule has 0 N–H and O–H groups in total. The first-order valence-corrected chi connectivity index (χ1v) is 9.49. The minimum atomic E-state index is -1.53. The van der Waals surface area contributed by atoms with Crippen LogP contribution in [-0.2, 0) is 4.43 Å². The molecule has 0 aromatic rings. The fourth-order valence-corrected chi connectivity index (χ4v) is 4.30. The highest BCUT2D eigenvalue weighted by Crippen LogP contribution is 2.38. The molecule has 0 aromatic carbocycles. The molecule has 16 heavy (non-hydrogen) atoms. The van der Waals surface area contributed by atoms with Crippen molar-refractivity contribution in [1.29, 1.82) is 0 Å². The Bertz CT molecular complexity index is 283. The molecule has 4 nitrogen and oxygen atoms in total. The number of azide groups is 1. The van der Waals surface area contributed by atoms with E-state index in [2.05, 4.69) is 36.6 Å². The van der Waals surface area contributed by atoms with Crippen molar-refractivity contribution in [2.75, 3.05) is 6.54 Å². The zero-order valence-electron chi connectivity index (χ0n) is 10.9.